The van der Waals surface area contributed by atoms with E-state index in [1.54, 1.807) is 13.2 Å². The first kappa shape index (κ1) is 18.1. The molecular formula is C19H22BClO4. The summed E-state index contributed by atoms with van der Waals surface area (Å²) >= 11 is 6.16. The summed E-state index contributed by atoms with van der Waals surface area (Å²) in [6.07, 6.45) is 0. The van der Waals surface area contributed by atoms with Crippen molar-refractivity contribution in [2.45, 2.75) is 38.9 Å². The van der Waals surface area contributed by atoms with Gasteiger partial charge in [0, 0.05) is 0 Å². The van der Waals surface area contributed by atoms with Gasteiger partial charge < -0.3 is 18.8 Å². The predicted molar refractivity (Wildman–Crippen MR) is 100 cm³/mol. The second-order valence-corrected chi connectivity index (χ2v) is 7.44. The molecule has 0 atom stereocenters. The lowest BCUT2D eigenvalue weighted by atomic mass is 9.79. The molecule has 2 aromatic carbocycles. The van der Waals surface area contributed by atoms with E-state index in [0.29, 0.717) is 22.3 Å². The Morgan fingerprint density at radius 1 is 0.880 bits per heavy atom. The maximum atomic E-state index is 6.16. The number of hydrogen-bond acceptors (Lipinski definition) is 4. The lowest BCUT2D eigenvalue weighted by molar-refractivity contribution is 0.00578. The monoisotopic (exact) mass is 360 g/mol. The van der Waals surface area contributed by atoms with Gasteiger partial charge in [-0.1, -0.05) is 29.8 Å². The molecule has 6 heteroatoms. The van der Waals surface area contributed by atoms with Crippen LogP contribution in [0, 0.1) is 0 Å². The van der Waals surface area contributed by atoms with Crippen LogP contribution in [0.2, 0.25) is 5.02 Å². The Kier molecular flexibility index (Phi) is 4.75. The molecule has 132 valence electrons. The molecule has 0 spiro atoms. The van der Waals surface area contributed by atoms with E-state index in [0.717, 1.165) is 5.46 Å². The number of rotatable bonds is 4. The molecule has 0 amide bonds. The Morgan fingerprint density at radius 3 is 2.12 bits per heavy atom. The standard InChI is InChI=1S/C19H22BClO4/c1-18(2)19(3,4)25-20(24-18)13-10-11-16(17(12-13)22-5)23-15-9-7-6-8-14(15)21/h6-12H,1-5H3. The fourth-order valence-electron chi connectivity index (χ4n) is 2.54. The van der Waals surface area contributed by atoms with Crippen molar-refractivity contribution in [1.82, 2.24) is 0 Å². The van der Waals surface area contributed by atoms with Crippen LogP contribution in [0.15, 0.2) is 42.5 Å². The van der Waals surface area contributed by atoms with Gasteiger partial charge in [0.2, 0.25) is 0 Å². The van der Waals surface area contributed by atoms with Crippen LogP contribution in [0.25, 0.3) is 0 Å². The van der Waals surface area contributed by atoms with Crippen LogP contribution in [0.4, 0.5) is 0 Å². The molecular weight excluding hydrogens is 338 g/mol. The topological polar surface area (TPSA) is 36.9 Å². The van der Waals surface area contributed by atoms with Gasteiger partial charge >= 0.3 is 7.12 Å². The first-order valence-electron chi connectivity index (χ1n) is 8.19. The largest absolute Gasteiger partial charge is 0.494 e. The van der Waals surface area contributed by atoms with Gasteiger partial charge in [-0.15, -0.1) is 0 Å². The van der Waals surface area contributed by atoms with Crippen molar-refractivity contribution in [2.75, 3.05) is 7.11 Å². The Labute approximate surface area is 154 Å². The third kappa shape index (κ3) is 3.50. The number of para-hydroxylation sites is 1. The summed E-state index contributed by atoms with van der Waals surface area (Å²) in [7, 11) is 1.15. The van der Waals surface area contributed by atoms with Gasteiger partial charge in [-0.2, -0.15) is 0 Å². The van der Waals surface area contributed by atoms with E-state index in [2.05, 4.69) is 0 Å². The average molecular weight is 361 g/mol. The highest BCUT2D eigenvalue weighted by atomic mass is 35.5. The summed E-state index contributed by atoms with van der Waals surface area (Å²) in [5.41, 5.74) is 0.0944. The number of halogens is 1. The third-order valence-corrected chi connectivity index (χ3v) is 5.08. The molecule has 1 fully saturated rings. The van der Waals surface area contributed by atoms with Gasteiger partial charge in [0.15, 0.2) is 11.5 Å². The van der Waals surface area contributed by atoms with Crippen LogP contribution >= 0.6 is 11.6 Å². The van der Waals surface area contributed by atoms with Gasteiger partial charge in [-0.3, -0.25) is 0 Å². The quantitative estimate of drug-likeness (QED) is 0.755. The molecule has 1 aliphatic heterocycles. The summed E-state index contributed by atoms with van der Waals surface area (Å²) in [6.45, 7) is 8.11. The first-order valence-corrected chi connectivity index (χ1v) is 8.57. The highest BCUT2D eigenvalue weighted by Crippen LogP contribution is 2.38. The summed E-state index contributed by atoms with van der Waals surface area (Å²) in [4.78, 5) is 0. The summed E-state index contributed by atoms with van der Waals surface area (Å²) in [5.74, 6) is 1.74. The molecule has 4 nitrogen and oxygen atoms in total. The fraction of sp³-hybridized carbons (Fsp3) is 0.368. The first-order chi connectivity index (χ1) is 11.7. The Morgan fingerprint density at radius 2 is 1.52 bits per heavy atom. The van der Waals surface area contributed by atoms with E-state index < -0.39 is 18.3 Å². The number of hydrogen-bond donors (Lipinski definition) is 0. The van der Waals surface area contributed by atoms with Crippen molar-refractivity contribution in [2.24, 2.45) is 0 Å². The zero-order valence-electron chi connectivity index (χ0n) is 15.1. The Bertz CT molecular complexity index is 760. The fourth-order valence-corrected chi connectivity index (χ4v) is 2.71. The SMILES string of the molecule is COc1cc(B2OC(C)(C)C(C)(C)O2)ccc1Oc1ccccc1Cl. The molecule has 25 heavy (non-hydrogen) atoms. The van der Waals surface area contributed by atoms with Gasteiger partial charge in [-0.05, 0) is 57.4 Å². The van der Waals surface area contributed by atoms with E-state index in [-0.39, 0.29) is 0 Å². The van der Waals surface area contributed by atoms with Gasteiger partial charge in [-0.25, -0.2) is 0 Å². The van der Waals surface area contributed by atoms with Crippen molar-refractivity contribution >= 4 is 24.2 Å². The number of ether oxygens (including phenoxy) is 2. The molecule has 1 aliphatic rings. The smallest absolute Gasteiger partial charge is 0.493 e. The summed E-state index contributed by atoms with van der Waals surface area (Å²) < 4.78 is 23.5. The molecule has 0 bridgehead atoms. The normalized spacial score (nSPS) is 18.2. The molecule has 0 saturated carbocycles. The molecule has 3 rings (SSSR count). The van der Waals surface area contributed by atoms with Crippen molar-refractivity contribution in [3.63, 3.8) is 0 Å². The molecule has 0 aliphatic carbocycles. The highest BCUT2D eigenvalue weighted by molar-refractivity contribution is 6.62. The molecule has 1 saturated heterocycles. The molecule has 1 heterocycles. The molecule has 0 radical (unpaired) electrons. The van der Waals surface area contributed by atoms with Gasteiger partial charge in [0.25, 0.3) is 0 Å². The second-order valence-electron chi connectivity index (χ2n) is 7.03. The average Bonchev–Trinajstić information content (AvgIpc) is 2.78. The lowest BCUT2D eigenvalue weighted by Gasteiger charge is -2.32. The minimum atomic E-state index is -0.451. The predicted octanol–water partition coefficient (Wildman–Crippen LogP) is 4.44. The van der Waals surface area contributed by atoms with Crippen LogP contribution in [0.1, 0.15) is 27.7 Å². The van der Waals surface area contributed by atoms with Gasteiger partial charge in [0.1, 0.15) is 5.75 Å². The highest BCUT2D eigenvalue weighted by Gasteiger charge is 2.51. The molecule has 0 N–H and O–H groups in total. The summed E-state index contributed by atoms with van der Waals surface area (Å²) in [5, 5.41) is 0.541. The van der Waals surface area contributed by atoms with Crippen LogP contribution < -0.4 is 14.9 Å². The van der Waals surface area contributed by atoms with Crippen LogP contribution in [-0.4, -0.2) is 25.4 Å². The Hall–Kier alpha value is -1.69. The van der Waals surface area contributed by atoms with Crippen molar-refractivity contribution in [3.05, 3.63) is 47.5 Å². The number of methoxy groups -OCH3 is 1. The van der Waals surface area contributed by atoms with E-state index in [4.69, 9.17) is 30.4 Å². The zero-order chi connectivity index (χ0) is 18.2. The van der Waals surface area contributed by atoms with E-state index in [1.165, 1.54) is 0 Å². The third-order valence-electron chi connectivity index (χ3n) is 4.77. The molecule has 2 aromatic rings. The van der Waals surface area contributed by atoms with Crippen molar-refractivity contribution in [3.8, 4) is 17.2 Å². The molecule has 0 unspecified atom stereocenters. The van der Waals surface area contributed by atoms with E-state index in [9.17, 15) is 0 Å². The maximum Gasteiger partial charge on any atom is 0.494 e. The minimum Gasteiger partial charge on any atom is -0.493 e. The van der Waals surface area contributed by atoms with Gasteiger partial charge in [0.05, 0.1) is 23.3 Å². The second kappa shape index (κ2) is 6.56. The van der Waals surface area contributed by atoms with E-state index in [1.807, 2.05) is 64.1 Å². The Balaban J connectivity index is 1.87. The van der Waals surface area contributed by atoms with E-state index >= 15 is 0 Å². The van der Waals surface area contributed by atoms with Crippen molar-refractivity contribution < 1.29 is 18.8 Å². The minimum absolute atomic E-state index is 0.391. The lowest BCUT2D eigenvalue weighted by Crippen LogP contribution is -2.41. The van der Waals surface area contributed by atoms with Crippen molar-refractivity contribution in [1.29, 1.82) is 0 Å². The molecule has 0 aromatic heterocycles. The maximum absolute atomic E-state index is 6.16. The van der Waals surface area contributed by atoms with Crippen LogP contribution in [0.3, 0.4) is 0 Å². The summed E-state index contributed by atoms with van der Waals surface area (Å²) in [6, 6.07) is 12.9. The van der Waals surface area contributed by atoms with Crippen LogP contribution in [0.5, 0.6) is 17.2 Å². The zero-order valence-corrected chi connectivity index (χ0v) is 15.9. The number of benzene rings is 2. The van der Waals surface area contributed by atoms with Crippen LogP contribution in [-0.2, 0) is 9.31 Å².